The Morgan fingerprint density at radius 1 is 1.05 bits per heavy atom. The lowest BCUT2D eigenvalue weighted by molar-refractivity contribution is -0.163. The number of likely N-dealkylation sites (tertiary alicyclic amines) is 1. The molecule has 0 radical (unpaired) electrons. The van der Waals surface area contributed by atoms with Gasteiger partial charge in [0.25, 0.3) is 0 Å². The van der Waals surface area contributed by atoms with Crippen LogP contribution in [-0.2, 0) is 35.2 Å². The zero-order chi connectivity index (χ0) is 30.6. The maximum absolute atomic E-state index is 13.3. The van der Waals surface area contributed by atoms with Crippen molar-refractivity contribution in [2.24, 2.45) is 5.92 Å². The Balaban J connectivity index is 1.95. The van der Waals surface area contributed by atoms with Gasteiger partial charge >= 0.3 is 18.0 Å². The molecule has 4 atom stereocenters. The quantitative estimate of drug-likeness (QED) is 0.244. The van der Waals surface area contributed by atoms with Crippen molar-refractivity contribution in [1.29, 1.82) is 0 Å². The van der Waals surface area contributed by atoms with E-state index in [4.69, 9.17) is 14.2 Å². The number of ether oxygens (including phenoxy) is 3. The van der Waals surface area contributed by atoms with E-state index in [0.29, 0.717) is 30.9 Å². The van der Waals surface area contributed by atoms with E-state index < -0.39 is 41.8 Å². The summed E-state index contributed by atoms with van der Waals surface area (Å²) >= 11 is 1.47. The number of nitrogens with zero attached hydrogens (tertiary/aromatic N) is 1. The fourth-order valence-corrected chi connectivity index (χ4v) is 5.65. The van der Waals surface area contributed by atoms with E-state index in [1.54, 1.807) is 39.5 Å². The second-order valence-electron chi connectivity index (χ2n) is 11.5. The van der Waals surface area contributed by atoms with Crippen LogP contribution in [0.15, 0.2) is 30.3 Å². The van der Waals surface area contributed by atoms with Crippen LogP contribution in [0, 0.1) is 5.92 Å². The summed E-state index contributed by atoms with van der Waals surface area (Å²) in [6, 6.07) is 7.15. The fraction of sp³-hybridized carbons (Fsp3) is 0.667. The van der Waals surface area contributed by atoms with Crippen molar-refractivity contribution in [2.75, 3.05) is 24.7 Å². The molecule has 0 spiro atoms. The molecule has 1 aromatic rings. The summed E-state index contributed by atoms with van der Waals surface area (Å²) in [5.41, 5.74) is 0.253. The van der Waals surface area contributed by atoms with Gasteiger partial charge in [-0.1, -0.05) is 44.2 Å². The van der Waals surface area contributed by atoms with E-state index in [-0.39, 0.29) is 31.1 Å². The molecule has 41 heavy (non-hydrogen) atoms. The molecule has 0 bridgehead atoms. The first-order valence-corrected chi connectivity index (χ1v) is 15.5. The number of hydrogen-bond donors (Lipinski definition) is 2. The average Bonchev–Trinajstić information content (AvgIpc) is 3.40. The first-order chi connectivity index (χ1) is 19.3. The third-order valence-corrected chi connectivity index (χ3v) is 7.67. The summed E-state index contributed by atoms with van der Waals surface area (Å²) in [7, 11) is 0. The van der Waals surface area contributed by atoms with Crippen molar-refractivity contribution in [1.82, 2.24) is 15.5 Å². The van der Waals surface area contributed by atoms with Crippen LogP contribution in [-0.4, -0.2) is 83.3 Å². The smallest absolute Gasteiger partial charge is 0.407 e. The van der Waals surface area contributed by atoms with Crippen LogP contribution in [0.5, 0.6) is 0 Å². The molecule has 0 aromatic heterocycles. The Hall–Kier alpha value is -2.79. The number of amides is 2. The SMILES string of the molecule is CCOC(=O)[C@H](CSC[C@@H](NC(=O)OCc1ccccc1)C(C)C)NC(C)C(=O)N1CCC[C@H]1C(=O)OC(C)(C)C. The van der Waals surface area contributed by atoms with Gasteiger partial charge in [-0.05, 0) is 58.9 Å². The largest absolute Gasteiger partial charge is 0.465 e. The standard InChI is InChI=1S/C30H47N3O7S/c1-8-38-27(35)24(31-21(4)26(34)33-16-12-15-25(33)28(36)40-30(5,6)7)19-41-18-23(20(2)3)32-29(37)39-17-22-13-10-9-11-14-22/h9-11,13-14,20-21,23-25,31H,8,12,15-19H2,1-7H3,(H,32,37)/t21?,23-,24+,25+/m1/s1. The van der Waals surface area contributed by atoms with Crippen LogP contribution < -0.4 is 10.6 Å². The highest BCUT2D eigenvalue weighted by atomic mass is 32.2. The number of hydrogen-bond acceptors (Lipinski definition) is 9. The van der Waals surface area contributed by atoms with E-state index in [9.17, 15) is 19.2 Å². The molecule has 230 valence electrons. The highest BCUT2D eigenvalue weighted by Gasteiger charge is 2.39. The molecule has 1 heterocycles. The molecule has 11 heteroatoms. The van der Waals surface area contributed by atoms with Gasteiger partial charge in [-0.25, -0.2) is 9.59 Å². The van der Waals surface area contributed by atoms with Gasteiger partial charge in [0.2, 0.25) is 5.91 Å². The van der Waals surface area contributed by atoms with Crippen LogP contribution in [0.25, 0.3) is 0 Å². The zero-order valence-electron chi connectivity index (χ0n) is 25.4. The lowest BCUT2D eigenvalue weighted by atomic mass is 10.1. The van der Waals surface area contributed by atoms with Gasteiger partial charge in [0, 0.05) is 24.1 Å². The minimum absolute atomic E-state index is 0.126. The van der Waals surface area contributed by atoms with Gasteiger partial charge in [-0.15, -0.1) is 0 Å². The number of carbonyl (C=O) groups is 4. The topological polar surface area (TPSA) is 123 Å². The van der Waals surface area contributed by atoms with E-state index in [1.807, 2.05) is 44.2 Å². The molecule has 2 rings (SSSR count). The van der Waals surface area contributed by atoms with Gasteiger partial charge in [0.15, 0.2) is 0 Å². The molecule has 2 amide bonds. The number of thioether (sulfide) groups is 1. The normalized spacial score (nSPS) is 17.5. The monoisotopic (exact) mass is 593 g/mol. The predicted molar refractivity (Wildman–Crippen MR) is 159 cm³/mol. The molecule has 2 N–H and O–H groups in total. The summed E-state index contributed by atoms with van der Waals surface area (Å²) in [5.74, 6) is -0.147. The number of alkyl carbamates (subject to hydrolysis) is 1. The molecule has 1 aliphatic heterocycles. The number of benzene rings is 1. The van der Waals surface area contributed by atoms with Crippen LogP contribution in [0.4, 0.5) is 4.79 Å². The first-order valence-electron chi connectivity index (χ1n) is 14.3. The highest BCUT2D eigenvalue weighted by Crippen LogP contribution is 2.22. The lowest BCUT2D eigenvalue weighted by Gasteiger charge is -2.30. The first kappa shape index (κ1) is 34.4. The summed E-state index contributed by atoms with van der Waals surface area (Å²) < 4.78 is 16.2. The van der Waals surface area contributed by atoms with Crippen molar-refractivity contribution >= 4 is 35.7 Å². The number of carbonyl (C=O) groups excluding carboxylic acids is 4. The maximum Gasteiger partial charge on any atom is 0.407 e. The summed E-state index contributed by atoms with van der Waals surface area (Å²) in [6.45, 7) is 13.6. The van der Waals surface area contributed by atoms with Gasteiger partial charge in [0.05, 0.1) is 12.6 Å². The Morgan fingerprint density at radius 2 is 1.73 bits per heavy atom. The molecule has 1 fully saturated rings. The Bertz CT molecular complexity index is 1000. The van der Waals surface area contributed by atoms with E-state index in [1.165, 1.54) is 11.8 Å². The van der Waals surface area contributed by atoms with E-state index in [0.717, 1.165) is 5.56 Å². The van der Waals surface area contributed by atoms with E-state index >= 15 is 0 Å². The van der Waals surface area contributed by atoms with Crippen LogP contribution in [0.2, 0.25) is 0 Å². The molecule has 1 unspecified atom stereocenters. The van der Waals surface area contributed by atoms with Crippen LogP contribution in [0.1, 0.15) is 66.9 Å². The lowest BCUT2D eigenvalue weighted by Crippen LogP contribution is -2.54. The minimum Gasteiger partial charge on any atom is -0.465 e. The molecule has 1 aliphatic rings. The van der Waals surface area contributed by atoms with Crippen molar-refractivity contribution in [3.05, 3.63) is 35.9 Å². The van der Waals surface area contributed by atoms with Gasteiger partial charge in [-0.3, -0.25) is 14.9 Å². The second kappa shape index (κ2) is 16.6. The van der Waals surface area contributed by atoms with E-state index in [2.05, 4.69) is 10.6 Å². The summed E-state index contributed by atoms with van der Waals surface area (Å²) in [5, 5.41) is 6.04. The molecule has 1 saturated heterocycles. The number of nitrogens with one attached hydrogen (secondary N) is 2. The van der Waals surface area contributed by atoms with Crippen molar-refractivity contribution in [3.8, 4) is 0 Å². The summed E-state index contributed by atoms with van der Waals surface area (Å²) in [4.78, 5) is 52.8. The molecule has 1 aromatic carbocycles. The van der Waals surface area contributed by atoms with Gasteiger partial charge in [0.1, 0.15) is 24.3 Å². The maximum atomic E-state index is 13.3. The molecule has 0 saturated carbocycles. The van der Waals surface area contributed by atoms with Gasteiger partial charge < -0.3 is 24.4 Å². The van der Waals surface area contributed by atoms with Crippen molar-refractivity contribution < 1.29 is 33.4 Å². The second-order valence-corrected chi connectivity index (χ2v) is 12.6. The van der Waals surface area contributed by atoms with Crippen LogP contribution >= 0.6 is 11.8 Å². The van der Waals surface area contributed by atoms with Crippen LogP contribution in [0.3, 0.4) is 0 Å². The molecule has 0 aliphatic carbocycles. The predicted octanol–water partition coefficient (Wildman–Crippen LogP) is 3.91. The number of esters is 2. The Morgan fingerprint density at radius 3 is 2.34 bits per heavy atom. The van der Waals surface area contributed by atoms with Crippen molar-refractivity contribution in [2.45, 2.75) is 97.7 Å². The summed E-state index contributed by atoms with van der Waals surface area (Å²) in [6.07, 6.45) is 0.747. The highest BCUT2D eigenvalue weighted by molar-refractivity contribution is 7.99. The Kier molecular flexibility index (Phi) is 13.9. The Labute approximate surface area is 248 Å². The number of rotatable bonds is 14. The third-order valence-electron chi connectivity index (χ3n) is 6.51. The molecular formula is C30H47N3O7S. The van der Waals surface area contributed by atoms with Crippen molar-refractivity contribution in [3.63, 3.8) is 0 Å². The zero-order valence-corrected chi connectivity index (χ0v) is 26.3. The molecular weight excluding hydrogens is 546 g/mol. The average molecular weight is 594 g/mol. The fourth-order valence-electron chi connectivity index (χ4n) is 4.32. The minimum atomic E-state index is -0.751. The van der Waals surface area contributed by atoms with Gasteiger partial charge in [-0.2, -0.15) is 11.8 Å². The molecule has 10 nitrogen and oxygen atoms in total. The third kappa shape index (κ3) is 11.9.